The molecule has 0 unspecified atom stereocenters. The summed E-state index contributed by atoms with van der Waals surface area (Å²) in [5, 5.41) is 1.83. The predicted octanol–water partition coefficient (Wildman–Crippen LogP) is 4.04. The molecule has 2 aliphatic rings. The third-order valence-electron chi connectivity index (χ3n) is 7.62. The topological polar surface area (TPSA) is 110 Å². The molecule has 0 amide bonds. The number of carbonyl (C=O) groups is 1. The largest absolute Gasteiger partial charge is 0.457 e. The first-order valence-corrected chi connectivity index (χ1v) is 16.5. The first-order chi connectivity index (χ1) is 21.3. The van der Waals surface area contributed by atoms with Gasteiger partial charge in [-0.05, 0) is 23.1 Å². The van der Waals surface area contributed by atoms with Gasteiger partial charge < -0.3 is 18.9 Å². The number of benzene rings is 3. The number of hydroxylamine groups is 2. The van der Waals surface area contributed by atoms with Crippen molar-refractivity contribution in [1.82, 2.24) is 5.06 Å². The van der Waals surface area contributed by atoms with Crippen LogP contribution in [-0.4, -0.2) is 75.4 Å². The average Bonchev–Trinajstić information content (AvgIpc) is 3.56. The molecule has 10 nitrogen and oxygen atoms in total. The first-order valence-electron chi connectivity index (χ1n) is 14.7. The van der Waals surface area contributed by atoms with E-state index in [0.717, 1.165) is 22.9 Å². The van der Waals surface area contributed by atoms with Crippen molar-refractivity contribution in [3.05, 3.63) is 108 Å². The molecule has 0 bridgehead atoms. The Hall–Kier alpha value is -3.16. The molecule has 2 aliphatic heterocycles. The normalized spacial score (nSPS) is 24.2. The monoisotopic (exact) mass is 625 g/mol. The molecule has 3 aromatic rings. The smallest absolute Gasteiger partial charge is 0.303 e. The minimum Gasteiger partial charge on any atom is -0.457 e. The van der Waals surface area contributed by atoms with Crippen LogP contribution >= 0.6 is 0 Å². The minimum atomic E-state index is -3.77. The Morgan fingerprint density at radius 1 is 0.841 bits per heavy atom. The van der Waals surface area contributed by atoms with E-state index in [1.165, 1.54) is 6.92 Å². The van der Waals surface area contributed by atoms with Gasteiger partial charge in [0.15, 0.2) is 6.10 Å². The van der Waals surface area contributed by atoms with Gasteiger partial charge in [-0.25, -0.2) is 0 Å². The van der Waals surface area contributed by atoms with E-state index < -0.39 is 40.5 Å². The van der Waals surface area contributed by atoms with E-state index in [1.807, 2.05) is 96.1 Å². The van der Waals surface area contributed by atoms with Crippen LogP contribution in [-0.2, 0) is 62.7 Å². The Morgan fingerprint density at radius 3 is 1.89 bits per heavy atom. The summed E-state index contributed by atoms with van der Waals surface area (Å²) < 4.78 is 53.4. The van der Waals surface area contributed by atoms with Gasteiger partial charge in [-0.3, -0.25) is 13.8 Å². The molecule has 5 rings (SSSR count). The predicted molar refractivity (Wildman–Crippen MR) is 161 cm³/mol. The lowest BCUT2D eigenvalue weighted by atomic mass is 10.00. The van der Waals surface area contributed by atoms with Crippen LogP contribution in [0.3, 0.4) is 0 Å². The van der Waals surface area contributed by atoms with Crippen molar-refractivity contribution in [2.45, 2.75) is 69.7 Å². The Morgan fingerprint density at radius 2 is 1.36 bits per heavy atom. The number of hydrogen-bond acceptors (Lipinski definition) is 10. The molecular formula is C33H39NO9S. The summed E-state index contributed by atoms with van der Waals surface area (Å²) in [5.74, 6) is -0.563. The summed E-state index contributed by atoms with van der Waals surface area (Å²) in [7, 11) is -3.77. The van der Waals surface area contributed by atoms with Crippen LogP contribution in [0.15, 0.2) is 91.0 Å². The highest BCUT2D eigenvalue weighted by Gasteiger charge is 2.57. The molecular weight excluding hydrogens is 586 g/mol. The van der Waals surface area contributed by atoms with Gasteiger partial charge in [0.2, 0.25) is 0 Å². The van der Waals surface area contributed by atoms with Gasteiger partial charge in [0.25, 0.3) is 10.1 Å². The van der Waals surface area contributed by atoms with Crippen LogP contribution in [0, 0.1) is 0 Å². The van der Waals surface area contributed by atoms with Crippen molar-refractivity contribution < 1.29 is 41.2 Å². The Bertz CT molecular complexity index is 1430. The van der Waals surface area contributed by atoms with Crippen LogP contribution in [0.5, 0.6) is 0 Å². The second-order valence-electron chi connectivity index (χ2n) is 11.0. The van der Waals surface area contributed by atoms with Crippen LogP contribution in [0.4, 0.5) is 0 Å². The second-order valence-corrected chi connectivity index (χ2v) is 12.7. The zero-order valence-corrected chi connectivity index (χ0v) is 25.7. The molecule has 2 heterocycles. The highest BCUT2D eigenvalue weighted by Crippen LogP contribution is 2.40. The van der Waals surface area contributed by atoms with E-state index in [-0.39, 0.29) is 25.3 Å². The van der Waals surface area contributed by atoms with Gasteiger partial charge in [-0.1, -0.05) is 91.0 Å². The zero-order chi connectivity index (χ0) is 30.9. The van der Waals surface area contributed by atoms with Crippen LogP contribution in [0.2, 0.25) is 0 Å². The average molecular weight is 626 g/mol. The maximum atomic E-state index is 12.0. The summed E-state index contributed by atoms with van der Waals surface area (Å²) in [4.78, 5) is 18.4. The highest BCUT2D eigenvalue weighted by atomic mass is 32.2. The summed E-state index contributed by atoms with van der Waals surface area (Å²) in [6.07, 6.45) is -1.11. The fourth-order valence-electron chi connectivity index (χ4n) is 5.63. The van der Waals surface area contributed by atoms with Crippen LogP contribution in [0.25, 0.3) is 0 Å². The van der Waals surface area contributed by atoms with Crippen LogP contribution in [0.1, 0.15) is 30.0 Å². The number of esters is 1. The molecule has 11 heteroatoms. The van der Waals surface area contributed by atoms with E-state index in [2.05, 4.69) is 0 Å². The van der Waals surface area contributed by atoms with Crippen molar-refractivity contribution in [3.63, 3.8) is 0 Å². The lowest BCUT2D eigenvalue weighted by Crippen LogP contribution is -2.44. The molecule has 0 aromatic heterocycles. The molecule has 2 saturated heterocycles. The molecule has 0 spiro atoms. The Labute approximate surface area is 258 Å². The number of ether oxygens (including phenoxy) is 4. The molecule has 0 N–H and O–H groups in total. The van der Waals surface area contributed by atoms with Gasteiger partial charge in [0.1, 0.15) is 24.9 Å². The van der Waals surface area contributed by atoms with Gasteiger partial charge in [0.05, 0.1) is 44.8 Å². The van der Waals surface area contributed by atoms with Crippen LogP contribution < -0.4 is 0 Å². The third-order valence-corrected chi connectivity index (χ3v) is 8.18. The number of fused-ring (bicyclic) bond motifs is 1. The molecule has 3 aromatic carbocycles. The van der Waals surface area contributed by atoms with Crippen molar-refractivity contribution in [2.24, 2.45) is 0 Å². The first kappa shape index (κ1) is 32.2. The highest BCUT2D eigenvalue weighted by molar-refractivity contribution is 7.85. The molecule has 0 aliphatic carbocycles. The van der Waals surface area contributed by atoms with Gasteiger partial charge in [-0.2, -0.15) is 13.5 Å². The van der Waals surface area contributed by atoms with Crippen molar-refractivity contribution in [3.8, 4) is 0 Å². The molecule has 0 saturated carbocycles. The summed E-state index contributed by atoms with van der Waals surface area (Å²) in [6.45, 7) is 2.31. The van der Waals surface area contributed by atoms with E-state index in [4.69, 9.17) is 28.0 Å². The van der Waals surface area contributed by atoms with E-state index in [0.29, 0.717) is 26.2 Å². The van der Waals surface area contributed by atoms with Gasteiger partial charge in [0, 0.05) is 6.92 Å². The SMILES string of the molecule is CC(=O)O[C@H](COS(C)(=O)=O)[C@H]1C[C@@H]2[C@@H](OCc3ccccc3)[C@H](OCc3ccccc3)[C@@H](COCc3ccccc3)N2O1. The van der Waals surface area contributed by atoms with Gasteiger partial charge >= 0.3 is 5.97 Å². The molecule has 2 fully saturated rings. The van der Waals surface area contributed by atoms with E-state index in [9.17, 15) is 13.2 Å². The lowest BCUT2D eigenvalue weighted by molar-refractivity contribution is -0.220. The van der Waals surface area contributed by atoms with Crippen molar-refractivity contribution >= 4 is 16.1 Å². The number of carbonyl (C=O) groups excluding carboxylic acids is 1. The molecule has 236 valence electrons. The Balaban J connectivity index is 1.39. The third kappa shape index (κ3) is 8.95. The van der Waals surface area contributed by atoms with Crippen molar-refractivity contribution in [1.29, 1.82) is 0 Å². The zero-order valence-electron chi connectivity index (χ0n) is 24.9. The summed E-state index contributed by atoms with van der Waals surface area (Å²) in [5.41, 5.74) is 3.07. The fourth-order valence-corrected chi connectivity index (χ4v) is 6.01. The lowest BCUT2D eigenvalue weighted by Gasteiger charge is -2.30. The molecule has 0 radical (unpaired) electrons. The maximum absolute atomic E-state index is 12.0. The molecule has 44 heavy (non-hydrogen) atoms. The van der Waals surface area contributed by atoms with E-state index in [1.54, 1.807) is 0 Å². The Kier molecular flexibility index (Phi) is 11.2. The summed E-state index contributed by atoms with van der Waals surface area (Å²) in [6, 6.07) is 29.0. The fraction of sp³-hybridized carbons (Fsp3) is 0.424. The maximum Gasteiger partial charge on any atom is 0.303 e. The van der Waals surface area contributed by atoms with E-state index >= 15 is 0 Å². The molecule has 6 atom stereocenters. The standard InChI is InChI=1S/C33H39NO9S/c1-24(35)42-31(23-41-44(2,36)37)30-18-28-32(39-20-26-14-8-4-9-15-26)33(40-21-27-16-10-5-11-17-27)29(34(28)43-30)22-38-19-25-12-6-3-7-13-25/h3-17,28-33H,18-23H2,1-2H3/t28-,29-,30-,31-,32-,33-/m1/s1. The minimum absolute atomic E-state index is 0.279. The number of nitrogens with zero attached hydrogens (tertiary/aromatic N) is 1. The van der Waals surface area contributed by atoms with Crippen molar-refractivity contribution in [2.75, 3.05) is 19.5 Å². The van der Waals surface area contributed by atoms with Gasteiger partial charge in [-0.15, -0.1) is 0 Å². The summed E-state index contributed by atoms with van der Waals surface area (Å²) >= 11 is 0. The second kappa shape index (κ2) is 15.2. The number of hydrogen-bond donors (Lipinski definition) is 0. The number of rotatable bonds is 15. The quantitative estimate of drug-likeness (QED) is 0.181.